The molecule has 14 nitrogen and oxygen atoms in total. The molecule has 7 N–H and O–H groups in total. The van der Waals surface area contributed by atoms with Gasteiger partial charge in [-0.3, -0.25) is 0 Å². The number of carbonyl (C=O) groups excluding carboxylic acids is 3. The molecule has 0 bridgehead atoms. The summed E-state index contributed by atoms with van der Waals surface area (Å²) < 4.78 is 14.4. The van der Waals surface area contributed by atoms with E-state index in [4.69, 9.17) is 9.47 Å². The van der Waals surface area contributed by atoms with Crippen LogP contribution in [-0.2, 0) is 33.4 Å². The molecular formula is C26H24O14. The Morgan fingerprint density at radius 2 is 1.23 bits per heavy atom. The van der Waals surface area contributed by atoms with Gasteiger partial charge in [0.05, 0.1) is 7.11 Å². The highest BCUT2D eigenvalue weighted by Gasteiger charge is 2.38. The second kappa shape index (κ2) is 13.9. The molecule has 0 aromatic heterocycles. The van der Waals surface area contributed by atoms with Crippen molar-refractivity contribution in [1.82, 2.24) is 0 Å². The van der Waals surface area contributed by atoms with Crippen molar-refractivity contribution >= 4 is 36.0 Å². The van der Waals surface area contributed by atoms with Crippen LogP contribution in [0.5, 0.6) is 23.0 Å². The van der Waals surface area contributed by atoms with Gasteiger partial charge in [-0.1, -0.05) is 12.1 Å². The van der Waals surface area contributed by atoms with E-state index in [9.17, 15) is 54.9 Å². The van der Waals surface area contributed by atoms with Gasteiger partial charge in [0.15, 0.2) is 41.3 Å². The van der Waals surface area contributed by atoms with Crippen LogP contribution in [0.25, 0.3) is 12.2 Å². The van der Waals surface area contributed by atoms with Crippen LogP contribution in [0.15, 0.2) is 60.4 Å². The van der Waals surface area contributed by atoms with Crippen molar-refractivity contribution in [2.45, 2.75) is 18.3 Å². The zero-order valence-electron chi connectivity index (χ0n) is 20.6. The van der Waals surface area contributed by atoms with Gasteiger partial charge in [0.25, 0.3) is 0 Å². The molecule has 0 heterocycles. The molecule has 0 spiro atoms. The number of aromatic hydroxyl groups is 4. The van der Waals surface area contributed by atoms with Gasteiger partial charge in [0.1, 0.15) is 0 Å². The molecule has 0 aliphatic rings. The highest BCUT2D eigenvalue weighted by atomic mass is 16.6. The third kappa shape index (κ3) is 8.81. The second-order valence-electron chi connectivity index (χ2n) is 7.79. The summed E-state index contributed by atoms with van der Waals surface area (Å²) in [7, 11) is 0.902. The number of aliphatic carboxylic acids is 1. The minimum atomic E-state index is -2.53. The Morgan fingerprint density at radius 1 is 0.750 bits per heavy atom. The number of aliphatic hydroxyl groups excluding tert-OH is 2. The Morgan fingerprint density at radius 3 is 1.65 bits per heavy atom. The molecule has 2 aromatic rings. The van der Waals surface area contributed by atoms with E-state index >= 15 is 0 Å². The number of hydrogen-bond donors (Lipinski definition) is 7. The normalized spacial score (nSPS) is 13.9. The number of esters is 3. The minimum absolute atomic E-state index is 0.208. The molecule has 0 aliphatic heterocycles. The molecule has 0 saturated heterocycles. The zero-order chi connectivity index (χ0) is 30.0. The number of benzene rings is 2. The summed E-state index contributed by atoms with van der Waals surface area (Å²) >= 11 is 0. The molecule has 0 saturated carbocycles. The molecular weight excluding hydrogens is 536 g/mol. The Labute approximate surface area is 225 Å². The van der Waals surface area contributed by atoms with Gasteiger partial charge in [-0.2, -0.15) is 0 Å². The van der Waals surface area contributed by atoms with Crippen LogP contribution in [0, 0.1) is 0 Å². The summed E-state index contributed by atoms with van der Waals surface area (Å²) in [5.41, 5.74) is 0.426. The van der Waals surface area contributed by atoms with E-state index in [0.717, 1.165) is 55.7 Å². The van der Waals surface area contributed by atoms with Gasteiger partial charge < -0.3 is 50.0 Å². The maximum atomic E-state index is 12.5. The lowest BCUT2D eigenvalue weighted by Crippen LogP contribution is -2.46. The Balaban J connectivity index is 2.37. The van der Waals surface area contributed by atoms with Gasteiger partial charge in [-0.25, -0.2) is 19.2 Å². The van der Waals surface area contributed by atoms with Crippen LogP contribution in [0.4, 0.5) is 0 Å². The molecule has 0 aliphatic carbocycles. The number of aliphatic hydroxyl groups is 2. The lowest BCUT2D eigenvalue weighted by atomic mass is 10.1. The predicted octanol–water partition coefficient (Wildman–Crippen LogP) is 1.12. The predicted molar refractivity (Wildman–Crippen MR) is 134 cm³/mol. The standard InChI is InChI=1S/C26H24O14/c1-38-26(37)19(31)12-20(39-21(32)8-4-13-2-6-15(27)17(29)10-13)24(23(34)25(35)36)40-22(33)9-5-14-3-7-16(28)18(30)11-14/h2-12,20,23-24,27-31,34H,1H3,(H,35,36). The van der Waals surface area contributed by atoms with E-state index in [-0.39, 0.29) is 11.1 Å². The third-order valence-corrected chi connectivity index (χ3v) is 4.93. The lowest BCUT2D eigenvalue weighted by Gasteiger charge is -2.26. The summed E-state index contributed by atoms with van der Waals surface area (Å²) in [5, 5.41) is 67.3. The first-order chi connectivity index (χ1) is 18.8. The quantitative estimate of drug-likeness (QED) is 0.0670. The second-order valence-corrected chi connectivity index (χ2v) is 7.79. The number of phenols is 4. The minimum Gasteiger partial charge on any atom is -0.504 e. The SMILES string of the molecule is COC(=O)C(O)=CC(OC(=O)C=Cc1ccc(O)c(O)c1)C(OC(=O)C=Cc1ccc(O)c(O)c1)C(O)C(=O)O. The van der Waals surface area contributed by atoms with Crippen molar-refractivity contribution in [3.05, 3.63) is 71.5 Å². The molecule has 0 radical (unpaired) electrons. The van der Waals surface area contributed by atoms with Crippen LogP contribution in [-0.4, -0.2) is 85.0 Å². The Kier molecular flexibility index (Phi) is 10.7. The highest BCUT2D eigenvalue weighted by molar-refractivity contribution is 5.89. The maximum absolute atomic E-state index is 12.5. The molecule has 212 valence electrons. The number of rotatable bonds is 11. The Bertz CT molecular complexity index is 1360. The molecule has 3 atom stereocenters. The number of carboxylic acids is 1. The van der Waals surface area contributed by atoms with E-state index in [2.05, 4.69) is 4.74 Å². The maximum Gasteiger partial charge on any atom is 0.372 e. The van der Waals surface area contributed by atoms with Gasteiger partial charge in [0, 0.05) is 18.2 Å². The van der Waals surface area contributed by atoms with Crippen molar-refractivity contribution in [1.29, 1.82) is 0 Å². The van der Waals surface area contributed by atoms with Crippen LogP contribution >= 0.6 is 0 Å². The monoisotopic (exact) mass is 560 g/mol. The van der Waals surface area contributed by atoms with E-state index in [1.807, 2.05) is 0 Å². The molecule has 2 rings (SSSR count). The van der Waals surface area contributed by atoms with Gasteiger partial charge >= 0.3 is 23.9 Å². The number of phenolic OH excluding ortho intramolecular Hbond substituents is 4. The molecule has 3 unspecified atom stereocenters. The summed E-state index contributed by atoms with van der Waals surface area (Å²) in [6, 6.07) is 7.07. The summed E-state index contributed by atoms with van der Waals surface area (Å²) in [5.74, 6) is -8.80. The zero-order valence-corrected chi connectivity index (χ0v) is 20.6. The number of carbonyl (C=O) groups is 4. The van der Waals surface area contributed by atoms with Crippen molar-refractivity contribution < 1.29 is 69.1 Å². The summed E-state index contributed by atoms with van der Waals surface area (Å²) in [4.78, 5) is 48.1. The van der Waals surface area contributed by atoms with Crippen molar-refractivity contribution in [2.75, 3.05) is 7.11 Å². The van der Waals surface area contributed by atoms with E-state index in [0.29, 0.717) is 6.08 Å². The van der Waals surface area contributed by atoms with E-state index in [1.165, 1.54) is 12.1 Å². The molecule has 14 heteroatoms. The van der Waals surface area contributed by atoms with Crippen LogP contribution in [0.3, 0.4) is 0 Å². The molecule has 0 fully saturated rings. The third-order valence-electron chi connectivity index (χ3n) is 4.93. The van der Waals surface area contributed by atoms with Crippen molar-refractivity contribution in [3.63, 3.8) is 0 Å². The molecule has 2 aromatic carbocycles. The van der Waals surface area contributed by atoms with E-state index in [1.54, 1.807) is 0 Å². The average Bonchev–Trinajstić information content (AvgIpc) is 2.91. The summed E-state index contributed by atoms with van der Waals surface area (Å²) in [6.45, 7) is 0. The number of methoxy groups -OCH3 is 1. The summed E-state index contributed by atoms with van der Waals surface area (Å²) in [6.07, 6.45) is -2.58. The average molecular weight is 560 g/mol. The van der Waals surface area contributed by atoms with Crippen molar-refractivity contribution in [3.8, 4) is 23.0 Å². The topological polar surface area (TPSA) is 238 Å². The molecule has 0 amide bonds. The molecule has 40 heavy (non-hydrogen) atoms. The largest absolute Gasteiger partial charge is 0.504 e. The fourth-order valence-electron chi connectivity index (χ4n) is 2.94. The van der Waals surface area contributed by atoms with Crippen LogP contribution < -0.4 is 0 Å². The van der Waals surface area contributed by atoms with Gasteiger partial charge in [-0.15, -0.1) is 0 Å². The number of carboxylic acid groups (broad SMARTS) is 1. The van der Waals surface area contributed by atoms with Gasteiger partial charge in [-0.05, 0) is 47.5 Å². The van der Waals surface area contributed by atoms with Crippen molar-refractivity contribution in [2.24, 2.45) is 0 Å². The smallest absolute Gasteiger partial charge is 0.372 e. The van der Waals surface area contributed by atoms with Crippen LogP contribution in [0.1, 0.15) is 11.1 Å². The Hall–Kier alpha value is -5.50. The first kappa shape index (κ1) is 30.7. The lowest BCUT2D eigenvalue weighted by molar-refractivity contribution is -0.176. The first-order valence-electron chi connectivity index (χ1n) is 11.0. The fourth-order valence-corrected chi connectivity index (χ4v) is 2.94. The number of ether oxygens (including phenoxy) is 3. The van der Waals surface area contributed by atoms with Crippen LogP contribution in [0.2, 0.25) is 0 Å². The van der Waals surface area contributed by atoms with Gasteiger partial charge in [0.2, 0.25) is 5.76 Å². The van der Waals surface area contributed by atoms with E-state index < -0.39 is 70.9 Å². The first-order valence-corrected chi connectivity index (χ1v) is 11.0. The fraction of sp³-hybridized carbons (Fsp3) is 0.154. The number of hydrogen-bond acceptors (Lipinski definition) is 13. The highest BCUT2D eigenvalue weighted by Crippen LogP contribution is 2.26.